The summed E-state index contributed by atoms with van der Waals surface area (Å²) in [6, 6.07) is -0.790. The van der Waals surface area contributed by atoms with Crippen LogP contribution in [-0.2, 0) is 19.2 Å². The third kappa shape index (κ3) is 3.54. The first-order valence-electron chi connectivity index (χ1n) is 8.01. The van der Waals surface area contributed by atoms with Gasteiger partial charge in [0.2, 0.25) is 11.8 Å². The van der Waals surface area contributed by atoms with E-state index in [0.717, 1.165) is 12.8 Å². The molecule has 0 spiro atoms. The van der Waals surface area contributed by atoms with Crippen LogP contribution in [0.4, 0.5) is 0 Å². The summed E-state index contributed by atoms with van der Waals surface area (Å²) in [5.41, 5.74) is 0. The van der Waals surface area contributed by atoms with Crippen molar-refractivity contribution in [3.63, 3.8) is 0 Å². The second-order valence-electron chi connectivity index (χ2n) is 6.25. The summed E-state index contributed by atoms with van der Waals surface area (Å²) in [4.78, 5) is 50.9. The molecule has 6 heteroatoms. The first-order chi connectivity index (χ1) is 10.4. The van der Waals surface area contributed by atoms with Crippen LogP contribution in [0.3, 0.4) is 0 Å². The number of hydrogen-bond acceptors (Lipinski definition) is 4. The molecule has 122 valence electrons. The average Bonchev–Trinajstić information content (AvgIpc) is 3.12. The number of amides is 2. The fourth-order valence-corrected chi connectivity index (χ4v) is 3.39. The molecule has 2 aliphatic rings. The van der Waals surface area contributed by atoms with Gasteiger partial charge in [0.1, 0.15) is 11.8 Å². The average molecular weight is 308 g/mol. The molecule has 0 unspecified atom stereocenters. The van der Waals surface area contributed by atoms with Crippen molar-refractivity contribution in [1.29, 1.82) is 0 Å². The van der Waals surface area contributed by atoms with Crippen LogP contribution in [0.15, 0.2) is 0 Å². The fourth-order valence-electron chi connectivity index (χ4n) is 3.39. The second-order valence-corrected chi connectivity index (χ2v) is 6.25. The summed E-state index contributed by atoms with van der Waals surface area (Å²) >= 11 is 0. The Labute approximate surface area is 130 Å². The number of Topliss-reactive ketones (excluding diaryl/α,β-unsaturated/α-hetero) is 2. The minimum atomic E-state index is -0.459. The molecule has 0 aromatic heterocycles. The van der Waals surface area contributed by atoms with Crippen molar-refractivity contribution in [2.24, 2.45) is 0 Å². The van der Waals surface area contributed by atoms with E-state index < -0.39 is 6.04 Å². The maximum absolute atomic E-state index is 12.7. The van der Waals surface area contributed by atoms with Crippen LogP contribution < -0.4 is 0 Å². The number of ketones is 2. The predicted molar refractivity (Wildman–Crippen MR) is 80.1 cm³/mol. The Hall–Kier alpha value is -1.72. The zero-order valence-electron chi connectivity index (χ0n) is 13.3. The molecule has 0 aromatic carbocycles. The molecule has 0 bridgehead atoms. The fraction of sp³-hybridized carbons (Fsp3) is 0.750. The summed E-state index contributed by atoms with van der Waals surface area (Å²) in [6.45, 7) is 4.13. The smallest absolute Gasteiger partial charge is 0.245 e. The molecule has 2 rings (SSSR count). The standard InChI is InChI=1S/C16H24N2O4/c1-11(19)7-8-15(21)17-9-4-6-14(17)16(22)18-10-3-5-13(18)12(2)20/h13-14H,3-10H2,1-2H3/t13-,14-/m0/s1. The van der Waals surface area contributed by atoms with E-state index in [1.54, 1.807) is 9.80 Å². The normalized spacial score (nSPS) is 24.6. The summed E-state index contributed by atoms with van der Waals surface area (Å²) in [7, 11) is 0. The lowest BCUT2D eigenvalue weighted by atomic mass is 10.1. The van der Waals surface area contributed by atoms with E-state index in [2.05, 4.69) is 0 Å². The van der Waals surface area contributed by atoms with Crippen molar-refractivity contribution >= 4 is 23.4 Å². The van der Waals surface area contributed by atoms with Crippen molar-refractivity contribution in [1.82, 2.24) is 9.80 Å². The van der Waals surface area contributed by atoms with Crippen molar-refractivity contribution in [3.8, 4) is 0 Å². The van der Waals surface area contributed by atoms with E-state index in [1.165, 1.54) is 13.8 Å². The molecular formula is C16H24N2O4. The van der Waals surface area contributed by atoms with E-state index >= 15 is 0 Å². The molecule has 2 saturated heterocycles. The number of carbonyl (C=O) groups is 4. The predicted octanol–water partition coefficient (Wildman–Crippen LogP) is 0.927. The minimum absolute atomic E-state index is 0.0123. The van der Waals surface area contributed by atoms with E-state index in [9.17, 15) is 19.2 Å². The third-order valence-corrected chi connectivity index (χ3v) is 4.55. The van der Waals surface area contributed by atoms with Gasteiger partial charge in [-0.1, -0.05) is 0 Å². The van der Waals surface area contributed by atoms with E-state index in [1.807, 2.05) is 0 Å². The molecular weight excluding hydrogens is 284 g/mol. The van der Waals surface area contributed by atoms with Crippen LogP contribution >= 0.6 is 0 Å². The lowest BCUT2D eigenvalue weighted by molar-refractivity contribution is -0.146. The van der Waals surface area contributed by atoms with Gasteiger partial charge in [-0.25, -0.2) is 0 Å². The van der Waals surface area contributed by atoms with Gasteiger partial charge in [0.05, 0.1) is 6.04 Å². The topological polar surface area (TPSA) is 74.8 Å². The highest BCUT2D eigenvalue weighted by atomic mass is 16.2. The molecule has 22 heavy (non-hydrogen) atoms. The molecule has 0 aliphatic carbocycles. The largest absolute Gasteiger partial charge is 0.331 e. The van der Waals surface area contributed by atoms with Crippen LogP contribution in [0.25, 0.3) is 0 Å². The highest BCUT2D eigenvalue weighted by Gasteiger charge is 2.40. The van der Waals surface area contributed by atoms with Gasteiger partial charge in [0, 0.05) is 25.9 Å². The monoisotopic (exact) mass is 308 g/mol. The molecule has 0 aromatic rings. The van der Waals surface area contributed by atoms with Crippen LogP contribution in [0.2, 0.25) is 0 Å². The molecule has 2 aliphatic heterocycles. The van der Waals surface area contributed by atoms with Gasteiger partial charge in [-0.05, 0) is 39.5 Å². The molecule has 2 heterocycles. The summed E-state index contributed by atoms with van der Waals surface area (Å²) < 4.78 is 0. The number of likely N-dealkylation sites (tertiary alicyclic amines) is 2. The highest BCUT2D eigenvalue weighted by Crippen LogP contribution is 2.25. The van der Waals surface area contributed by atoms with Gasteiger partial charge < -0.3 is 14.6 Å². The van der Waals surface area contributed by atoms with Gasteiger partial charge in [-0.3, -0.25) is 14.4 Å². The van der Waals surface area contributed by atoms with Crippen molar-refractivity contribution in [3.05, 3.63) is 0 Å². The molecule has 0 radical (unpaired) electrons. The molecule has 2 fully saturated rings. The van der Waals surface area contributed by atoms with Gasteiger partial charge in [0.25, 0.3) is 0 Å². The van der Waals surface area contributed by atoms with Crippen LogP contribution in [0.1, 0.15) is 52.4 Å². The molecule has 2 atom stereocenters. The van der Waals surface area contributed by atoms with E-state index in [-0.39, 0.29) is 42.3 Å². The second kappa shape index (κ2) is 7.03. The van der Waals surface area contributed by atoms with E-state index in [4.69, 9.17) is 0 Å². The number of hydrogen-bond donors (Lipinski definition) is 0. The molecule has 6 nitrogen and oxygen atoms in total. The van der Waals surface area contributed by atoms with Gasteiger partial charge >= 0.3 is 0 Å². The van der Waals surface area contributed by atoms with Crippen LogP contribution in [0.5, 0.6) is 0 Å². The SMILES string of the molecule is CC(=O)CCC(=O)N1CCC[C@H]1C(=O)N1CCC[C@H]1C(C)=O. The Kier molecular flexibility index (Phi) is 5.32. The van der Waals surface area contributed by atoms with Crippen LogP contribution in [0, 0.1) is 0 Å². The zero-order valence-corrected chi connectivity index (χ0v) is 13.3. The lowest BCUT2D eigenvalue weighted by Crippen LogP contribution is -2.50. The Morgan fingerprint density at radius 3 is 2.05 bits per heavy atom. The Balaban J connectivity index is 2.03. The molecule has 0 N–H and O–H groups in total. The third-order valence-electron chi connectivity index (χ3n) is 4.55. The highest BCUT2D eigenvalue weighted by molar-refractivity contribution is 5.93. The van der Waals surface area contributed by atoms with Crippen molar-refractivity contribution in [2.45, 2.75) is 64.5 Å². The summed E-state index contributed by atoms with van der Waals surface area (Å²) in [5, 5.41) is 0. The maximum Gasteiger partial charge on any atom is 0.245 e. The maximum atomic E-state index is 12.7. The van der Waals surface area contributed by atoms with Crippen molar-refractivity contribution in [2.75, 3.05) is 13.1 Å². The number of rotatable bonds is 5. The lowest BCUT2D eigenvalue weighted by Gasteiger charge is -2.30. The Morgan fingerprint density at radius 1 is 0.864 bits per heavy atom. The van der Waals surface area contributed by atoms with Crippen molar-refractivity contribution < 1.29 is 19.2 Å². The molecule has 2 amide bonds. The Morgan fingerprint density at radius 2 is 1.45 bits per heavy atom. The van der Waals surface area contributed by atoms with Crippen LogP contribution in [-0.4, -0.2) is 58.4 Å². The number of nitrogens with zero attached hydrogens (tertiary/aromatic N) is 2. The summed E-state index contributed by atoms with van der Waals surface area (Å²) in [6.07, 6.45) is 3.37. The minimum Gasteiger partial charge on any atom is -0.331 e. The first-order valence-corrected chi connectivity index (χ1v) is 8.01. The van der Waals surface area contributed by atoms with E-state index in [0.29, 0.717) is 25.9 Å². The van der Waals surface area contributed by atoms with Gasteiger partial charge in [0.15, 0.2) is 5.78 Å². The zero-order chi connectivity index (χ0) is 16.3. The number of carbonyl (C=O) groups excluding carboxylic acids is 4. The quantitative estimate of drug-likeness (QED) is 0.757. The van der Waals surface area contributed by atoms with Gasteiger partial charge in [-0.2, -0.15) is 0 Å². The summed E-state index contributed by atoms with van der Waals surface area (Å²) in [5.74, 6) is -0.249. The molecule has 0 saturated carbocycles. The first kappa shape index (κ1) is 16.6. The van der Waals surface area contributed by atoms with Gasteiger partial charge in [-0.15, -0.1) is 0 Å². The Bertz CT molecular complexity index is 489.